The summed E-state index contributed by atoms with van der Waals surface area (Å²) >= 11 is 0. The maximum Gasteiger partial charge on any atom is 0.415 e. The van der Waals surface area contributed by atoms with Crippen LogP contribution in [0.4, 0.5) is 25.1 Å². The van der Waals surface area contributed by atoms with Crippen molar-refractivity contribution < 1.29 is 23.4 Å². The molecule has 1 aliphatic carbocycles. The predicted octanol–water partition coefficient (Wildman–Crippen LogP) is 6.47. The molecule has 0 radical (unpaired) electrons. The predicted molar refractivity (Wildman–Crippen MR) is 148 cm³/mol. The summed E-state index contributed by atoms with van der Waals surface area (Å²) in [6.45, 7) is 7.37. The minimum Gasteiger partial charge on any atom is -0.446 e. The summed E-state index contributed by atoms with van der Waals surface area (Å²) < 4.78 is 31.4. The van der Waals surface area contributed by atoms with Gasteiger partial charge in [-0.1, -0.05) is 25.5 Å². The van der Waals surface area contributed by atoms with Crippen molar-refractivity contribution in [3.8, 4) is 6.07 Å². The molecule has 0 atom stereocenters. The van der Waals surface area contributed by atoms with Gasteiger partial charge in [0, 0.05) is 32.6 Å². The van der Waals surface area contributed by atoms with Crippen LogP contribution in [0.15, 0.2) is 42.9 Å². The molecule has 8 nitrogen and oxygen atoms in total. The third kappa shape index (κ3) is 9.91. The van der Waals surface area contributed by atoms with Crippen molar-refractivity contribution in [3.63, 3.8) is 0 Å². The van der Waals surface area contributed by atoms with Gasteiger partial charge in [-0.15, -0.1) is 0 Å². The zero-order valence-corrected chi connectivity index (χ0v) is 23.6. The van der Waals surface area contributed by atoms with Crippen LogP contribution in [0.25, 0.3) is 0 Å². The Morgan fingerprint density at radius 3 is 2.46 bits per heavy atom. The van der Waals surface area contributed by atoms with E-state index in [9.17, 15) is 18.7 Å². The molecule has 3 rings (SSSR count). The summed E-state index contributed by atoms with van der Waals surface area (Å²) in [6, 6.07) is 7.92. The number of hydrogen-bond donors (Lipinski definition) is 1. The molecule has 0 spiro atoms. The van der Waals surface area contributed by atoms with Gasteiger partial charge in [-0.2, -0.15) is 5.26 Å². The minimum atomic E-state index is -2.66. The SMILES string of the molecule is CCC/C=C/N(C)c1cc(C#N)ccc1C.CN(C(=O)OC1CCC(F)(F)CC1)c1cnc(C(C)(C)O)cn1. The molecule has 1 N–H and O–H groups in total. The summed E-state index contributed by atoms with van der Waals surface area (Å²) in [5, 5.41) is 18.7. The summed E-state index contributed by atoms with van der Waals surface area (Å²) in [5.74, 6) is -2.41. The molecule has 39 heavy (non-hydrogen) atoms. The largest absolute Gasteiger partial charge is 0.446 e. The highest BCUT2D eigenvalue weighted by atomic mass is 19.3. The average Bonchev–Trinajstić information content (AvgIpc) is 2.89. The second-order valence-electron chi connectivity index (χ2n) is 10.2. The molecule has 1 heterocycles. The van der Waals surface area contributed by atoms with Crippen LogP contribution in [0.5, 0.6) is 0 Å². The number of amides is 1. The van der Waals surface area contributed by atoms with Gasteiger partial charge in [0.1, 0.15) is 11.7 Å². The summed E-state index contributed by atoms with van der Waals surface area (Å²) in [6.07, 6.45) is 7.77. The average molecular weight is 544 g/mol. The number of ether oxygens (including phenoxy) is 1. The lowest BCUT2D eigenvalue weighted by Crippen LogP contribution is -2.35. The van der Waals surface area contributed by atoms with E-state index in [0.29, 0.717) is 11.3 Å². The van der Waals surface area contributed by atoms with Crippen molar-refractivity contribution in [2.45, 2.75) is 83.8 Å². The highest BCUT2D eigenvalue weighted by Gasteiger charge is 2.36. The number of aryl methyl sites for hydroxylation is 1. The Hall–Kier alpha value is -3.58. The highest BCUT2D eigenvalue weighted by Crippen LogP contribution is 2.34. The van der Waals surface area contributed by atoms with Crippen molar-refractivity contribution in [2.75, 3.05) is 23.9 Å². The fraction of sp³-hybridized carbons (Fsp3) is 0.517. The topological polar surface area (TPSA) is 103 Å². The number of nitriles is 1. The third-order valence-electron chi connectivity index (χ3n) is 6.32. The number of aromatic nitrogens is 2. The zero-order valence-electron chi connectivity index (χ0n) is 23.6. The van der Waals surface area contributed by atoms with Crippen LogP contribution in [0, 0.1) is 18.3 Å². The second-order valence-corrected chi connectivity index (χ2v) is 10.2. The van der Waals surface area contributed by atoms with E-state index < -0.39 is 23.7 Å². The van der Waals surface area contributed by atoms with Crippen LogP contribution in [0.3, 0.4) is 0 Å². The van der Waals surface area contributed by atoms with Gasteiger partial charge in [0.15, 0.2) is 5.82 Å². The lowest BCUT2D eigenvalue weighted by Gasteiger charge is -2.29. The van der Waals surface area contributed by atoms with Crippen LogP contribution >= 0.6 is 0 Å². The summed E-state index contributed by atoms with van der Waals surface area (Å²) in [5.41, 5.74) is 2.22. The van der Waals surface area contributed by atoms with E-state index >= 15 is 0 Å². The number of nitrogens with zero attached hydrogens (tertiary/aromatic N) is 5. The Morgan fingerprint density at radius 2 is 1.92 bits per heavy atom. The molecule has 1 amide bonds. The fourth-order valence-electron chi connectivity index (χ4n) is 3.80. The Labute approximate surface area is 229 Å². The zero-order chi connectivity index (χ0) is 29.2. The molecule has 0 bridgehead atoms. The van der Waals surface area contributed by atoms with Crippen molar-refractivity contribution >= 4 is 17.6 Å². The number of halogens is 2. The molecule has 0 unspecified atom stereocenters. The molecule has 1 aromatic heterocycles. The number of unbranched alkanes of at least 4 members (excludes halogenated alkanes) is 1. The van der Waals surface area contributed by atoms with Gasteiger partial charge < -0.3 is 14.7 Å². The second kappa shape index (κ2) is 14.0. The van der Waals surface area contributed by atoms with E-state index in [-0.39, 0.29) is 31.5 Å². The molecule has 0 saturated heterocycles. The molecular formula is C29H39F2N5O3. The molecule has 2 aromatic rings. The molecule has 1 fully saturated rings. The molecular weight excluding hydrogens is 504 g/mol. The number of alkyl halides is 2. The maximum atomic E-state index is 13.1. The number of carbonyl (C=O) groups is 1. The van der Waals surface area contributed by atoms with Crippen LogP contribution < -0.4 is 9.80 Å². The number of benzene rings is 1. The van der Waals surface area contributed by atoms with Gasteiger partial charge in [0.25, 0.3) is 0 Å². The Morgan fingerprint density at radius 1 is 1.26 bits per heavy atom. The molecule has 212 valence electrons. The minimum absolute atomic E-state index is 0.149. The van der Waals surface area contributed by atoms with E-state index in [2.05, 4.69) is 47.1 Å². The standard InChI is InChI=1S/C15H21F2N3O3.C14H18N2/c1-14(2,22)11-8-19-12(9-18-11)20(3)13(21)23-10-4-6-15(16,17)7-5-10;1-4-5-6-9-16(3)14-10-13(11-15)8-7-12(14)2/h8-10,22H,4-7H2,1-3H3;6-10H,4-5H2,1-3H3/b;9-6+. The number of hydrogen-bond acceptors (Lipinski definition) is 7. The lowest BCUT2D eigenvalue weighted by molar-refractivity contribution is -0.0647. The lowest BCUT2D eigenvalue weighted by atomic mass is 9.94. The van der Waals surface area contributed by atoms with Gasteiger partial charge in [0.05, 0.1) is 29.7 Å². The van der Waals surface area contributed by atoms with Crippen LogP contribution in [0.1, 0.15) is 76.1 Å². The van der Waals surface area contributed by atoms with Crippen molar-refractivity contribution in [3.05, 3.63) is 59.7 Å². The fourth-order valence-corrected chi connectivity index (χ4v) is 3.80. The van der Waals surface area contributed by atoms with E-state index in [1.54, 1.807) is 13.8 Å². The number of allylic oxidation sites excluding steroid dienone is 1. The molecule has 1 aliphatic rings. The van der Waals surface area contributed by atoms with Crippen LogP contribution in [0.2, 0.25) is 0 Å². The van der Waals surface area contributed by atoms with Crippen LogP contribution in [-0.2, 0) is 10.3 Å². The number of aliphatic hydroxyl groups is 1. The van der Waals surface area contributed by atoms with E-state index in [0.717, 1.165) is 23.4 Å². The van der Waals surface area contributed by atoms with Crippen molar-refractivity contribution in [1.82, 2.24) is 9.97 Å². The quantitative estimate of drug-likeness (QED) is 0.427. The third-order valence-corrected chi connectivity index (χ3v) is 6.32. The molecule has 0 aliphatic heterocycles. The number of anilines is 2. The van der Waals surface area contributed by atoms with E-state index in [1.807, 2.05) is 25.2 Å². The first-order chi connectivity index (χ1) is 18.3. The Balaban J connectivity index is 0.000000293. The van der Waals surface area contributed by atoms with Gasteiger partial charge in [-0.05, 0) is 63.9 Å². The first-order valence-electron chi connectivity index (χ1n) is 13.0. The normalized spacial score (nSPS) is 15.2. The monoisotopic (exact) mass is 543 g/mol. The molecule has 1 saturated carbocycles. The molecule has 1 aromatic carbocycles. The summed E-state index contributed by atoms with van der Waals surface area (Å²) in [7, 11) is 3.48. The highest BCUT2D eigenvalue weighted by molar-refractivity contribution is 5.85. The Kier molecular flexibility index (Phi) is 11.3. The van der Waals surface area contributed by atoms with Crippen molar-refractivity contribution in [2.24, 2.45) is 0 Å². The van der Waals surface area contributed by atoms with Gasteiger partial charge in [-0.3, -0.25) is 9.88 Å². The van der Waals surface area contributed by atoms with E-state index in [1.165, 1.54) is 25.0 Å². The first kappa shape index (κ1) is 31.6. The number of rotatable bonds is 7. The first-order valence-corrected chi connectivity index (χ1v) is 13.0. The van der Waals surface area contributed by atoms with Gasteiger partial charge in [0.2, 0.25) is 5.92 Å². The maximum absolute atomic E-state index is 13.1. The Bertz CT molecular complexity index is 1150. The van der Waals surface area contributed by atoms with Crippen molar-refractivity contribution in [1.29, 1.82) is 5.26 Å². The van der Waals surface area contributed by atoms with Crippen LogP contribution in [-0.4, -0.2) is 47.3 Å². The van der Waals surface area contributed by atoms with Gasteiger partial charge in [-0.25, -0.2) is 18.6 Å². The smallest absolute Gasteiger partial charge is 0.415 e. The summed E-state index contributed by atoms with van der Waals surface area (Å²) in [4.78, 5) is 23.4. The van der Waals surface area contributed by atoms with Gasteiger partial charge >= 0.3 is 6.09 Å². The molecule has 10 heteroatoms. The van der Waals surface area contributed by atoms with E-state index in [4.69, 9.17) is 10.00 Å². The number of carbonyl (C=O) groups excluding carboxylic acids is 1.